The van der Waals surface area contributed by atoms with Gasteiger partial charge in [0.25, 0.3) is 5.56 Å². The summed E-state index contributed by atoms with van der Waals surface area (Å²) in [4.78, 5) is 18.4. The van der Waals surface area contributed by atoms with E-state index in [-0.39, 0.29) is 5.56 Å². The standard InChI is InChI=1S/C21H20N2O4S/c1-11-6-12(2)18-14(7-11)23-20(24)17(28-21(23)22-18)10-13-8-15(25-3)19(27-5)16(9-13)26-4/h6-10H,1-5H3/b17-10+. The van der Waals surface area contributed by atoms with Gasteiger partial charge >= 0.3 is 0 Å². The van der Waals surface area contributed by atoms with Gasteiger partial charge < -0.3 is 14.2 Å². The number of imidazole rings is 1. The Hall–Kier alpha value is -3.06. The van der Waals surface area contributed by atoms with Gasteiger partial charge in [-0.25, -0.2) is 9.38 Å². The van der Waals surface area contributed by atoms with Crippen LogP contribution >= 0.6 is 11.3 Å². The van der Waals surface area contributed by atoms with E-state index in [2.05, 4.69) is 11.1 Å². The number of rotatable bonds is 4. The molecule has 0 aliphatic carbocycles. The topological polar surface area (TPSA) is 62.1 Å². The summed E-state index contributed by atoms with van der Waals surface area (Å²) < 4.78 is 18.4. The fraction of sp³-hybridized carbons (Fsp3) is 0.238. The van der Waals surface area contributed by atoms with Crippen molar-refractivity contribution in [2.75, 3.05) is 21.3 Å². The molecule has 0 bridgehead atoms. The number of aryl methyl sites for hydroxylation is 2. The lowest BCUT2D eigenvalue weighted by Crippen LogP contribution is -2.22. The van der Waals surface area contributed by atoms with Crippen molar-refractivity contribution in [3.63, 3.8) is 0 Å². The molecule has 0 aliphatic rings. The lowest BCUT2D eigenvalue weighted by Gasteiger charge is -2.12. The van der Waals surface area contributed by atoms with Crippen LogP contribution in [0, 0.1) is 13.8 Å². The van der Waals surface area contributed by atoms with E-state index in [1.54, 1.807) is 25.7 Å². The summed E-state index contributed by atoms with van der Waals surface area (Å²) >= 11 is 1.37. The third-order valence-corrected chi connectivity index (χ3v) is 5.63. The number of ether oxygens (including phenoxy) is 3. The Kier molecular flexibility index (Phi) is 4.47. The predicted molar refractivity (Wildman–Crippen MR) is 111 cm³/mol. The molecule has 4 rings (SSSR count). The third kappa shape index (κ3) is 2.79. The smallest absolute Gasteiger partial charge is 0.274 e. The number of fused-ring (bicyclic) bond motifs is 3. The molecule has 144 valence electrons. The summed E-state index contributed by atoms with van der Waals surface area (Å²) in [7, 11) is 4.69. The Bertz CT molecular complexity index is 1300. The van der Waals surface area contributed by atoms with Crippen LogP contribution < -0.4 is 24.3 Å². The summed E-state index contributed by atoms with van der Waals surface area (Å²) in [6, 6.07) is 7.71. The molecule has 7 heteroatoms. The number of nitrogens with zero attached hydrogens (tertiary/aromatic N) is 2. The van der Waals surface area contributed by atoms with Crippen LogP contribution in [0.2, 0.25) is 0 Å². The summed E-state index contributed by atoms with van der Waals surface area (Å²) in [5.74, 6) is 1.60. The first-order valence-corrected chi connectivity index (χ1v) is 9.52. The van der Waals surface area contributed by atoms with Gasteiger partial charge in [-0.15, -0.1) is 0 Å². The van der Waals surface area contributed by atoms with Crippen molar-refractivity contribution in [2.24, 2.45) is 0 Å². The Morgan fingerprint density at radius 3 is 2.29 bits per heavy atom. The van der Waals surface area contributed by atoms with Crippen LogP contribution in [-0.4, -0.2) is 30.7 Å². The SMILES string of the molecule is COc1cc(/C=c2/sc3nc4c(C)cc(C)cc4n3c2=O)cc(OC)c1OC. The minimum Gasteiger partial charge on any atom is -0.493 e. The molecule has 0 saturated carbocycles. The number of thiazole rings is 1. The minimum atomic E-state index is -0.0822. The Morgan fingerprint density at radius 2 is 1.68 bits per heavy atom. The van der Waals surface area contributed by atoms with Gasteiger partial charge in [-0.05, 0) is 54.8 Å². The Morgan fingerprint density at radius 1 is 1.00 bits per heavy atom. The van der Waals surface area contributed by atoms with Crippen LogP contribution in [0.4, 0.5) is 0 Å². The quantitative estimate of drug-likeness (QED) is 0.530. The third-order valence-electron chi connectivity index (χ3n) is 4.66. The highest BCUT2D eigenvalue weighted by Gasteiger charge is 2.15. The molecule has 2 aromatic heterocycles. The molecule has 6 nitrogen and oxygen atoms in total. The van der Waals surface area contributed by atoms with E-state index in [0.717, 1.165) is 27.7 Å². The maximum absolute atomic E-state index is 13.1. The van der Waals surface area contributed by atoms with Gasteiger partial charge in [-0.1, -0.05) is 17.4 Å². The van der Waals surface area contributed by atoms with Gasteiger partial charge in [0.1, 0.15) is 0 Å². The molecule has 0 saturated heterocycles. The number of aromatic nitrogens is 2. The first-order chi connectivity index (χ1) is 13.5. The Labute approximate surface area is 165 Å². The van der Waals surface area contributed by atoms with Crippen molar-refractivity contribution >= 4 is 33.4 Å². The summed E-state index contributed by atoms with van der Waals surface area (Å²) in [6.07, 6.45) is 1.82. The molecule has 0 amide bonds. The zero-order chi connectivity index (χ0) is 20.0. The summed E-state index contributed by atoms with van der Waals surface area (Å²) in [6.45, 7) is 4.03. The van der Waals surface area contributed by atoms with Crippen LogP contribution in [0.1, 0.15) is 16.7 Å². The molecule has 28 heavy (non-hydrogen) atoms. The van der Waals surface area contributed by atoms with Crippen molar-refractivity contribution in [1.29, 1.82) is 0 Å². The molecular weight excluding hydrogens is 376 g/mol. The van der Waals surface area contributed by atoms with E-state index in [1.807, 2.05) is 38.1 Å². The number of hydrogen-bond acceptors (Lipinski definition) is 6. The number of hydrogen-bond donors (Lipinski definition) is 0. The van der Waals surface area contributed by atoms with Crippen LogP contribution in [0.3, 0.4) is 0 Å². The van der Waals surface area contributed by atoms with Crippen molar-refractivity contribution < 1.29 is 14.2 Å². The van der Waals surface area contributed by atoms with E-state index < -0.39 is 0 Å². The normalized spacial score (nSPS) is 12.1. The van der Waals surface area contributed by atoms with Gasteiger partial charge in [0.05, 0.1) is 36.9 Å². The van der Waals surface area contributed by atoms with Crippen LogP contribution in [-0.2, 0) is 0 Å². The lowest BCUT2D eigenvalue weighted by atomic mass is 10.1. The first kappa shape index (κ1) is 18.3. The second-order valence-corrected chi connectivity index (χ2v) is 7.56. The molecule has 2 heterocycles. The van der Waals surface area contributed by atoms with Gasteiger partial charge in [0.15, 0.2) is 16.5 Å². The molecule has 0 fully saturated rings. The molecule has 0 radical (unpaired) electrons. The van der Waals surface area contributed by atoms with E-state index in [0.29, 0.717) is 26.7 Å². The fourth-order valence-electron chi connectivity index (χ4n) is 3.45. The molecule has 0 spiro atoms. The average molecular weight is 396 g/mol. The monoisotopic (exact) mass is 396 g/mol. The molecule has 2 aromatic carbocycles. The molecule has 0 aliphatic heterocycles. The van der Waals surface area contributed by atoms with Gasteiger partial charge in [-0.3, -0.25) is 4.79 Å². The van der Waals surface area contributed by atoms with Gasteiger partial charge in [0.2, 0.25) is 5.75 Å². The summed E-state index contributed by atoms with van der Waals surface area (Å²) in [5.41, 5.74) is 4.59. The molecule has 0 atom stereocenters. The maximum atomic E-state index is 13.1. The van der Waals surface area contributed by atoms with E-state index in [1.165, 1.54) is 11.3 Å². The van der Waals surface area contributed by atoms with Crippen LogP contribution in [0.25, 0.3) is 22.1 Å². The predicted octanol–water partition coefficient (Wildman–Crippen LogP) is 3.10. The van der Waals surface area contributed by atoms with Gasteiger partial charge in [0, 0.05) is 0 Å². The van der Waals surface area contributed by atoms with E-state index in [4.69, 9.17) is 14.2 Å². The number of methoxy groups -OCH3 is 3. The lowest BCUT2D eigenvalue weighted by molar-refractivity contribution is 0.324. The highest BCUT2D eigenvalue weighted by Crippen LogP contribution is 2.38. The van der Waals surface area contributed by atoms with Crippen molar-refractivity contribution in [3.8, 4) is 17.2 Å². The number of benzene rings is 2. The van der Waals surface area contributed by atoms with E-state index >= 15 is 0 Å². The van der Waals surface area contributed by atoms with Crippen molar-refractivity contribution in [2.45, 2.75) is 13.8 Å². The van der Waals surface area contributed by atoms with E-state index in [9.17, 15) is 4.79 Å². The van der Waals surface area contributed by atoms with Gasteiger partial charge in [-0.2, -0.15) is 0 Å². The molecule has 0 N–H and O–H groups in total. The average Bonchev–Trinajstić information content (AvgIpc) is 3.18. The first-order valence-electron chi connectivity index (χ1n) is 8.70. The second-order valence-electron chi connectivity index (χ2n) is 6.55. The highest BCUT2D eigenvalue weighted by molar-refractivity contribution is 7.15. The molecular formula is C21H20N2O4S. The largest absolute Gasteiger partial charge is 0.493 e. The Balaban J connectivity index is 1.96. The fourth-order valence-corrected chi connectivity index (χ4v) is 4.43. The molecule has 4 aromatic rings. The van der Waals surface area contributed by atoms with Crippen LogP contribution in [0.15, 0.2) is 29.1 Å². The summed E-state index contributed by atoms with van der Waals surface area (Å²) in [5, 5.41) is 0. The van der Waals surface area contributed by atoms with Crippen molar-refractivity contribution in [1.82, 2.24) is 9.38 Å². The maximum Gasteiger partial charge on any atom is 0.274 e. The minimum absolute atomic E-state index is 0.0822. The zero-order valence-electron chi connectivity index (χ0n) is 16.3. The zero-order valence-corrected chi connectivity index (χ0v) is 17.1. The van der Waals surface area contributed by atoms with Crippen molar-refractivity contribution in [3.05, 3.63) is 55.8 Å². The van der Waals surface area contributed by atoms with Crippen LogP contribution in [0.5, 0.6) is 17.2 Å². The highest BCUT2D eigenvalue weighted by atomic mass is 32.1. The second kappa shape index (κ2) is 6.83. The molecule has 0 unspecified atom stereocenters.